The quantitative estimate of drug-likeness (QED) is 0.658. The molecule has 0 aromatic rings. The highest BCUT2D eigenvalue weighted by Crippen LogP contribution is 2.18. The van der Waals surface area contributed by atoms with Crippen LogP contribution >= 0.6 is 11.6 Å². The molecule has 82 valence electrons. The van der Waals surface area contributed by atoms with Crippen LogP contribution < -0.4 is 0 Å². The summed E-state index contributed by atoms with van der Waals surface area (Å²) in [5, 5.41) is 0.368. The number of alkyl halides is 1. The average Bonchev–Trinajstić information content (AvgIpc) is 2.19. The topological polar surface area (TPSA) is 12.5 Å². The number of ether oxygens (including phenoxy) is 1. The van der Waals surface area contributed by atoms with Crippen molar-refractivity contribution in [1.82, 2.24) is 4.90 Å². The summed E-state index contributed by atoms with van der Waals surface area (Å²) in [5.74, 6) is 0. The number of likely N-dealkylation sites (tertiary alicyclic amines) is 1. The Morgan fingerprint density at radius 2 is 2.14 bits per heavy atom. The molecule has 2 aliphatic rings. The fourth-order valence-electron chi connectivity index (χ4n) is 2.40. The van der Waals surface area contributed by atoms with Gasteiger partial charge < -0.3 is 4.74 Å². The van der Waals surface area contributed by atoms with Crippen LogP contribution in [0.2, 0.25) is 0 Å². The van der Waals surface area contributed by atoms with Gasteiger partial charge >= 0.3 is 0 Å². The summed E-state index contributed by atoms with van der Waals surface area (Å²) in [5.41, 5.74) is 0. The second kappa shape index (κ2) is 5.34. The maximum atomic E-state index is 6.15. The van der Waals surface area contributed by atoms with Gasteiger partial charge in [0.1, 0.15) is 0 Å². The monoisotopic (exact) mass is 217 g/mol. The molecule has 2 heterocycles. The lowest BCUT2D eigenvalue weighted by atomic mass is 10.1. The minimum Gasteiger partial charge on any atom is -0.377 e. The maximum absolute atomic E-state index is 6.15. The number of piperidine rings is 1. The van der Waals surface area contributed by atoms with Crippen molar-refractivity contribution in [2.45, 2.75) is 43.6 Å². The van der Waals surface area contributed by atoms with Gasteiger partial charge in [0.05, 0.1) is 6.10 Å². The van der Waals surface area contributed by atoms with E-state index in [0.29, 0.717) is 11.5 Å². The largest absolute Gasteiger partial charge is 0.377 e. The minimum atomic E-state index is 0.368. The Labute approximate surface area is 91.6 Å². The zero-order valence-corrected chi connectivity index (χ0v) is 9.51. The molecule has 14 heavy (non-hydrogen) atoms. The summed E-state index contributed by atoms with van der Waals surface area (Å²) < 4.78 is 5.73. The van der Waals surface area contributed by atoms with Crippen LogP contribution in [0.15, 0.2) is 0 Å². The molecule has 2 rings (SSSR count). The molecular weight excluding hydrogens is 198 g/mol. The summed E-state index contributed by atoms with van der Waals surface area (Å²) in [6, 6.07) is 0. The number of halogens is 1. The molecule has 0 spiro atoms. The summed E-state index contributed by atoms with van der Waals surface area (Å²) in [6.45, 7) is 4.33. The van der Waals surface area contributed by atoms with Crippen molar-refractivity contribution in [2.24, 2.45) is 0 Å². The van der Waals surface area contributed by atoms with Gasteiger partial charge in [0.15, 0.2) is 0 Å². The van der Waals surface area contributed by atoms with E-state index in [1.165, 1.54) is 38.6 Å². The highest BCUT2D eigenvalue weighted by atomic mass is 35.5. The zero-order valence-electron chi connectivity index (χ0n) is 8.75. The molecule has 0 N–H and O–H groups in total. The second-order valence-corrected chi connectivity index (χ2v) is 5.10. The van der Waals surface area contributed by atoms with E-state index in [0.717, 1.165) is 19.7 Å². The van der Waals surface area contributed by atoms with Crippen LogP contribution in [0.4, 0.5) is 0 Å². The van der Waals surface area contributed by atoms with E-state index in [-0.39, 0.29) is 0 Å². The highest BCUT2D eigenvalue weighted by molar-refractivity contribution is 6.20. The smallest absolute Gasteiger partial charge is 0.0702 e. The van der Waals surface area contributed by atoms with Gasteiger partial charge in [-0.05, 0) is 38.6 Å². The molecule has 2 fully saturated rings. The van der Waals surface area contributed by atoms with Crippen LogP contribution in [-0.2, 0) is 4.74 Å². The Morgan fingerprint density at radius 1 is 1.21 bits per heavy atom. The van der Waals surface area contributed by atoms with Crippen LogP contribution in [0.1, 0.15) is 32.1 Å². The molecule has 0 aromatic carbocycles. The highest BCUT2D eigenvalue weighted by Gasteiger charge is 2.22. The standard InChI is InChI=1S/C11H20ClNO/c12-10-4-3-6-13(8-10)9-11-5-1-2-7-14-11/h10-11H,1-9H2. The molecule has 0 amide bonds. The first kappa shape index (κ1) is 10.7. The molecule has 0 radical (unpaired) electrons. The van der Waals surface area contributed by atoms with Crippen LogP contribution in [0, 0.1) is 0 Å². The normalized spacial score (nSPS) is 35.8. The van der Waals surface area contributed by atoms with Gasteiger partial charge in [0, 0.05) is 25.1 Å². The van der Waals surface area contributed by atoms with E-state index in [2.05, 4.69) is 4.90 Å². The number of rotatable bonds is 2. The Kier molecular flexibility index (Phi) is 4.09. The van der Waals surface area contributed by atoms with Gasteiger partial charge in [-0.25, -0.2) is 0 Å². The molecule has 2 aliphatic heterocycles. The lowest BCUT2D eigenvalue weighted by Gasteiger charge is -2.33. The van der Waals surface area contributed by atoms with Crippen LogP contribution in [0.25, 0.3) is 0 Å². The van der Waals surface area contributed by atoms with Crippen LogP contribution in [-0.4, -0.2) is 42.6 Å². The Balaban J connectivity index is 1.72. The van der Waals surface area contributed by atoms with Gasteiger partial charge in [0.25, 0.3) is 0 Å². The fraction of sp³-hybridized carbons (Fsp3) is 1.00. The molecule has 2 unspecified atom stereocenters. The molecular formula is C11H20ClNO. The fourth-order valence-corrected chi connectivity index (χ4v) is 2.75. The van der Waals surface area contributed by atoms with Gasteiger partial charge in [-0.15, -0.1) is 11.6 Å². The zero-order chi connectivity index (χ0) is 9.80. The molecule has 3 heteroatoms. The van der Waals surface area contributed by atoms with Gasteiger partial charge in [-0.1, -0.05) is 0 Å². The molecule has 0 saturated carbocycles. The van der Waals surface area contributed by atoms with Crippen LogP contribution in [0.3, 0.4) is 0 Å². The summed E-state index contributed by atoms with van der Waals surface area (Å²) >= 11 is 6.15. The van der Waals surface area contributed by atoms with Crippen molar-refractivity contribution < 1.29 is 4.74 Å². The van der Waals surface area contributed by atoms with Gasteiger partial charge in [-0.3, -0.25) is 4.90 Å². The van der Waals surface area contributed by atoms with E-state index >= 15 is 0 Å². The van der Waals surface area contributed by atoms with Crippen molar-refractivity contribution in [3.8, 4) is 0 Å². The van der Waals surface area contributed by atoms with Crippen LogP contribution in [0.5, 0.6) is 0 Å². The number of nitrogens with zero attached hydrogens (tertiary/aromatic N) is 1. The van der Waals surface area contributed by atoms with E-state index in [4.69, 9.17) is 16.3 Å². The van der Waals surface area contributed by atoms with E-state index in [9.17, 15) is 0 Å². The lowest BCUT2D eigenvalue weighted by molar-refractivity contribution is -0.00828. The van der Waals surface area contributed by atoms with Crippen molar-refractivity contribution >= 4 is 11.6 Å². The summed E-state index contributed by atoms with van der Waals surface area (Å²) in [7, 11) is 0. The first-order valence-electron chi connectivity index (χ1n) is 5.82. The Bertz CT molecular complexity index is 171. The predicted octanol–water partition coefficient (Wildman–Crippen LogP) is 2.26. The average molecular weight is 218 g/mol. The number of hydrogen-bond acceptors (Lipinski definition) is 2. The van der Waals surface area contributed by atoms with Crippen molar-refractivity contribution in [3.63, 3.8) is 0 Å². The molecule has 2 saturated heterocycles. The summed E-state index contributed by atoms with van der Waals surface area (Å²) in [4.78, 5) is 2.47. The Hall–Kier alpha value is 0.210. The predicted molar refractivity (Wildman–Crippen MR) is 58.9 cm³/mol. The molecule has 0 aromatic heterocycles. The third-order valence-corrected chi connectivity index (χ3v) is 3.54. The first-order valence-corrected chi connectivity index (χ1v) is 6.26. The third-order valence-electron chi connectivity index (χ3n) is 3.18. The van der Waals surface area contributed by atoms with E-state index < -0.39 is 0 Å². The number of hydrogen-bond donors (Lipinski definition) is 0. The summed E-state index contributed by atoms with van der Waals surface area (Å²) in [6.07, 6.45) is 6.73. The molecule has 0 aliphatic carbocycles. The first-order chi connectivity index (χ1) is 6.84. The van der Waals surface area contributed by atoms with Gasteiger partial charge in [-0.2, -0.15) is 0 Å². The minimum absolute atomic E-state index is 0.368. The maximum Gasteiger partial charge on any atom is 0.0702 e. The lowest BCUT2D eigenvalue weighted by Crippen LogP contribution is -2.42. The van der Waals surface area contributed by atoms with Crippen molar-refractivity contribution in [1.29, 1.82) is 0 Å². The van der Waals surface area contributed by atoms with Crippen molar-refractivity contribution in [3.05, 3.63) is 0 Å². The second-order valence-electron chi connectivity index (χ2n) is 4.49. The molecule has 2 nitrogen and oxygen atoms in total. The SMILES string of the molecule is ClC1CCCN(CC2CCCCO2)C1. The molecule has 2 atom stereocenters. The molecule has 0 bridgehead atoms. The van der Waals surface area contributed by atoms with Crippen molar-refractivity contribution in [2.75, 3.05) is 26.2 Å². The van der Waals surface area contributed by atoms with E-state index in [1.807, 2.05) is 0 Å². The van der Waals surface area contributed by atoms with Gasteiger partial charge in [0.2, 0.25) is 0 Å². The van der Waals surface area contributed by atoms with E-state index in [1.54, 1.807) is 0 Å². The third kappa shape index (κ3) is 3.11. The Morgan fingerprint density at radius 3 is 2.86 bits per heavy atom.